The lowest BCUT2D eigenvalue weighted by Crippen LogP contribution is -2.30. The van der Waals surface area contributed by atoms with E-state index in [0.717, 1.165) is 22.9 Å². The van der Waals surface area contributed by atoms with Crippen molar-refractivity contribution in [2.24, 2.45) is 5.92 Å². The van der Waals surface area contributed by atoms with Crippen LogP contribution in [0.3, 0.4) is 0 Å². The van der Waals surface area contributed by atoms with Crippen molar-refractivity contribution in [3.8, 4) is 16.3 Å². The van der Waals surface area contributed by atoms with Crippen molar-refractivity contribution in [1.29, 1.82) is 0 Å². The predicted molar refractivity (Wildman–Crippen MR) is 97.8 cm³/mol. The van der Waals surface area contributed by atoms with E-state index in [-0.39, 0.29) is 11.8 Å². The number of benzene rings is 1. The molecule has 0 fully saturated rings. The fourth-order valence-electron chi connectivity index (χ4n) is 2.39. The molecule has 0 saturated carbocycles. The maximum absolute atomic E-state index is 12.3. The van der Waals surface area contributed by atoms with E-state index < -0.39 is 0 Å². The number of aromatic nitrogens is 3. The van der Waals surface area contributed by atoms with Gasteiger partial charge in [-0.1, -0.05) is 6.92 Å². The number of hydrogen-bond donors (Lipinski definition) is 1. The van der Waals surface area contributed by atoms with Crippen molar-refractivity contribution in [3.05, 3.63) is 53.8 Å². The highest BCUT2D eigenvalue weighted by molar-refractivity contribution is 7.13. The van der Waals surface area contributed by atoms with Crippen molar-refractivity contribution in [1.82, 2.24) is 20.1 Å². The highest BCUT2D eigenvalue weighted by Gasteiger charge is 2.13. The van der Waals surface area contributed by atoms with E-state index in [9.17, 15) is 4.79 Å². The van der Waals surface area contributed by atoms with Gasteiger partial charge in [0.2, 0.25) is 0 Å². The van der Waals surface area contributed by atoms with Gasteiger partial charge in [0.15, 0.2) is 0 Å². The van der Waals surface area contributed by atoms with Gasteiger partial charge in [-0.25, -0.2) is 4.98 Å². The molecule has 130 valence electrons. The van der Waals surface area contributed by atoms with Gasteiger partial charge in [0.25, 0.3) is 5.91 Å². The van der Waals surface area contributed by atoms with Gasteiger partial charge in [-0.3, -0.25) is 9.48 Å². The average molecular weight is 356 g/mol. The van der Waals surface area contributed by atoms with Gasteiger partial charge in [0, 0.05) is 36.4 Å². The number of rotatable bonds is 7. The van der Waals surface area contributed by atoms with E-state index in [4.69, 9.17) is 4.74 Å². The molecule has 0 aliphatic rings. The first-order chi connectivity index (χ1) is 12.2. The summed E-state index contributed by atoms with van der Waals surface area (Å²) in [4.78, 5) is 16.7. The minimum absolute atomic E-state index is 0.150. The topological polar surface area (TPSA) is 69.0 Å². The maximum Gasteiger partial charge on any atom is 0.270 e. The number of amides is 1. The molecule has 0 saturated heterocycles. The zero-order valence-electron chi connectivity index (χ0n) is 14.2. The van der Waals surface area contributed by atoms with Gasteiger partial charge in [-0.2, -0.15) is 5.10 Å². The molecule has 1 amide bonds. The second-order valence-corrected chi connectivity index (χ2v) is 6.67. The minimum atomic E-state index is -0.150. The lowest BCUT2D eigenvalue weighted by molar-refractivity contribution is 0.0942. The van der Waals surface area contributed by atoms with Crippen molar-refractivity contribution in [2.45, 2.75) is 13.5 Å². The third-order valence-corrected chi connectivity index (χ3v) is 4.63. The van der Waals surface area contributed by atoms with Crippen LogP contribution >= 0.6 is 11.3 Å². The normalized spacial score (nSPS) is 11.9. The highest BCUT2D eigenvalue weighted by atomic mass is 32.1. The molecule has 0 aliphatic carbocycles. The molecule has 0 bridgehead atoms. The van der Waals surface area contributed by atoms with E-state index in [2.05, 4.69) is 22.3 Å². The van der Waals surface area contributed by atoms with Crippen LogP contribution in [0.15, 0.2) is 48.1 Å². The summed E-state index contributed by atoms with van der Waals surface area (Å²) < 4.78 is 7.02. The monoisotopic (exact) mass is 356 g/mol. The standard InChI is InChI=1S/C18H20N4O2S/c1-13(11-22-9-3-8-20-22)10-19-17(23)16-12-25-18(21-16)14-4-6-15(24-2)7-5-14/h3-9,12-13H,10-11H2,1-2H3,(H,19,23). The Morgan fingerprint density at radius 3 is 2.84 bits per heavy atom. The van der Waals surface area contributed by atoms with Crippen molar-refractivity contribution in [3.63, 3.8) is 0 Å². The highest BCUT2D eigenvalue weighted by Crippen LogP contribution is 2.25. The molecule has 7 heteroatoms. The summed E-state index contributed by atoms with van der Waals surface area (Å²) in [5.41, 5.74) is 1.42. The average Bonchev–Trinajstić information content (AvgIpc) is 3.31. The Hall–Kier alpha value is -2.67. The zero-order chi connectivity index (χ0) is 17.6. The molecule has 1 N–H and O–H groups in total. The number of thiazole rings is 1. The van der Waals surface area contributed by atoms with Gasteiger partial charge in [0.05, 0.1) is 7.11 Å². The number of nitrogens with zero attached hydrogens (tertiary/aromatic N) is 3. The van der Waals surface area contributed by atoms with Gasteiger partial charge in [0.1, 0.15) is 16.5 Å². The Labute approximate surface area is 150 Å². The first-order valence-corrected chi connectivity index (χ1v) is 8.89. The first kappa shape index (κ1) is 17.2. The third kappa shape index (κ3) is 4.45. The second kappa shape index (κ2) is 7.94. The smallest absolute Gasteiger partial charge is 0.270 e. The summed E-state index contributed by atoms with van der Waals surface area (Å²) >= 11 is 1.46. The lowest BCUT2D eigenvalue weighted by Gasteiger charge is -2.12. The van der Waals surface area contributed by atoms with Gasteiger partial charge < -0.3 is 10.1 Å². The van der Waals surface area contributed by atoms with Gasteiger partial charge in [-0.15, -0.1) is 11.3 Å². The van der Waals surface area contributed by atoms with Crippen LogP contribution < -0.4 is 10.1 Å². The molecule has 0 spiro atoms. The van der Waals surface area contributed by atoms with Crippen LogP contribution in [0.4, 0.5) is 0 Å². The fraction of sp³-hybridized carbons (Fsp3) is 0.278. The molecule has 3 aromatic rings. The minimum Gasteiger partial charge on any atom is -0.497 e. The fourth-order valence-corrected chi connectivity index (χ4v) is 3.20. The van der Waals surface area contributed by atoms with Crippen LogP contribution in [0.1, 0.15) is 17.4 Å². The number of carbonyl (C=O) groups excluding carboxylic acids is 1. The third-order valence-electron chi connectivity index (χ3n) is 3.74. The molecule has 6 nitrogen and oxygen atoms in total. The lowest BCUT2D eigenvalue weighted by atomic mass is 10.2. The Morgan fingerprint density at radius 1 is 1.36 bits per heavy atom. The Bertz CT molecular complexity index is 812. The van der Waals surface area contributed by atoms with E-state index >= 15 is 0 Å². The molecule has 1 unspecified atom stereocenters. The zero-order valence-corrected chi connectivity index (χ0v) is 15.0. The number of methoxy groups -OCH3 is 1. The summed E-state index contributed by atoms with van der Waals surface area (Å²) in [6.07, 6.45) is 3.67. The van der Waals surface area contributed by atoms with E-state index in [1.807, 2.05) is 41.2 Å². The SMILES string of the molecule is COc1ccc(-c2nc(C(=O)NCC(C)Cn3cccn3)cs2)cc1. The molecular weight excluding hydrogens is 336 g/mol. The maximum atomic E-state index is 12.3. The van der Waals surface area contributed by atoms with Crippen molar-refractivity contribution in [2.75, 3.05) is 13.7 Å². The summed E-state index contributed by atoms with van der Waals surface area (Å²) in [6.45, 7) is 3.42. The number of hydrogen-bond acceptors (Lipinski definition) is 5. The number of carbonyl (C=O) groups is 1. The van der Waals surface area contributed by atoms with Crippen LogP contribution in [-0.4, -0.2) is 34.3 Å². The molecule has 25 heavy (non-hydrogen) atoms. The van der Waals surface area contributed by atoms with Gasteiger partial charge in [-0.05, 0) is 36.2 Å². The quantitative estimate of drug-likeness (QED) is 0.706. The largest absolute Gasteiger partial charge is 0.497 e. The number of ether oxygens (including phenoxy) is 1. The molecule has 0 aliphatic heterocycles. The Balaban J connectivity index is 1.56. The first-order valence-electron chi connectivity index (χ1n) is 8.01. The summed E-state index contributed by atoms with van der Waals surface area (Å²) in [5.74, 6) is 0.927. The molecule has 1 atom stereocenters. The van der Waals surface area contributed by atoms with E-state index in [1.54, 1.807) is 18.7 Å². The molecule has 2 aromatic heterocycles. The van der Waals surface area contributed by atoms with Crippen LogP contribution in [0.2, 0.25) is 0 Å². The molecule has 1 aromatic carbocycles. The summed E-state index contributed by atoms with van der Waals surface area (Å²) in [5, 5.41) is 9.72. The van der Waals surface area contributed by atoms with Crippen molar-refractivity contribution < 1.29 is 9.53 Å². The Kier molecular flexibility index (Phi) is 5.45. The van der Waals surface area contributed by atoms with E-state index in [1.165, 1.54) is 11.3 Å². The molecular formula is C18H20N4O2S. The molecule has 2 heterocycles. The van der Waals surface area contributed by atoms with Gasteiger partial charge >= 0.3 is 0 Å². The van der Waals surface area contributed by atoms with E-state index in [0.29, 0.717) is 12.2 Å². The Morgan fingerprint density at radius 2 is 2.16 bits per heavy atom. The van der Waals surface area contributed by atoms with Crippen LogP contribution in [0.25, 0.3) is 10.6 Å². The van der Waals surface area contributed by atoms with Crippen LogP contribution in [0, 0.1) is 5.92 Å². The van der Waals surface area contributed by atoms with Crippen LogP contribution in [-0.2, 0) is 6.54 Å². The second-order valence-electron chi connectivity index (χ2n) is 5.81. The number of nitrogens with one attached hydrogen (secondary N) is 1. The van der Waals surface area contributed by atoms with Crippen LogP contribution in [0.5, 0.6) is 5.75 Å². The summed E-state index contributed by atoms with van der Waals surface area (Å²) in [6, 6.07) is 9.53. The molecule has 3 rings (SSSR count). The predicted octanol–water partition coefficient (Wildman–Crippen LogP) is 3.08. The summed E-state index contributed by atoms with van der Waals surface area (Å²) in [7, 11) is 1.63. The van der Waals surface area contributed by atoms with Crippen molar-refractivity contribution >= 4 is 17.2 Å². The molecule has 0 radical (unpaired) electrons.